The largest absolute Gasteiger partial charge is 0.494 e. The number of hydrogen-bond acceptors (Lipinski definition) is 6. The molecule has 0 amide bonds. The lowest BCUT2D eigenvalue weighted by Gasteiger charge is -2.05. The lowest BCUT2D eigenvalue weighted by atomic mass is 10.00. The van der Waals surface area contributed by atoms with E-state index < -0.39 is 5.82 Å². The zero-order valence-corrected chi connectivity index (χ0v) is 14.7. The summed E-state index contributed by atoms with van der Waals surface area (Å²) in [4.78, 5) is 12.2. The second-order valence-corrected chi connectivity index (χ2v) is 6.33. The van der Waals surface area contributed by atoms with E-state index in [9.17, 15) is 9.18 Å². The van der Waals surface area contributed by atoms with Gasteiger partial charge in [-0.25, -0.2) is 4.39 Å². The normalized spacial score (nSPS) is 16.8. The summed E-state index contributed by atoms with van der Waals surface area (Å²) >= 11 is 0. The number of hydrogen-bond donors (Lipinski definition) is 0. The molecule has 1 aromatic heterocycles. The Balaban J connectivity index is 1.44. The standard InChI is InChI=1S/C19H22FNO5/c1-23-19-5-3-14(8-16(19)20)11-25-12-15-9-17(21-26-15)18(22)4-2-13-6-7-24-10-13/h3,5,8-9,13H,2,4,6-7,10-12H2,1H3. The highest BCUT2D eigenvalue weighted by Crippen LogP contribution is 2.20. The van der Waals surface area contributed by atoms with Gasteiger partial charge in [-0.3, -0.25) is 4.79 Å². The van der Waals surface area contributed by atoms with Crippen LogP contribution in [0.2, 0.25) is 0 Å². The van der Waals surface area contributed by atoms with Crippen molar-refractivity contribution in [3.8, 4) is 5.75 Å². The first-order valence-electron chi connectivity index (χ1n) is 8.62. The number of benzene rings is 1. The molecule has 0 spiro atoms. The van der Waals surface area contributed by atoms with Gasteiger partial charge in [0.15, 0.2) is 23.1 Å². The van der Waals surface area contributed by atoms with Crippen LogP contribution in [0.15, 0.2) is 28.8 Å². The van der Waals surface area contributed by atoms with Gasteiger partial charge in [-0.05, 0) is 36.5 Å². The Morgan fingerprint density at radius 2 is 2.23 bits per heavy atom. The number of ether oxygens (including phenoxy) is 3. The summed E-state index contributed by atoms with van der Waals surface area (Å²) in [5.41, 5.74) is 0.996. The van der Waals surface area contributed by atoms with Crippen LogP contribution in [0.3, 0.4) is 0 Å². The maximum atomic E-state index is 13.6. The average molecular weight is 363 g/mol. The van der Waals surface area contributed by atoms with Gasteiger partial charge in [0.1, 0.15) is 12.3 Å². The molecular formula is C19H22FNO5. The average Bonchev–Trinajstić information content (AvgIpc) is 3.32. The Morgan fingerprint density at radius 1 is 1.35 bits per heavy atom. The third-order valence-electron chi connectivity index (χ3n) is 4.38. The number of carbonyl (C=O) groups is 1. The molecule has 7 heteroatoms. The molecule has 1 unspecified atom stereocenters. The van der Waals surface area contributed by atoms with Crippen molar-refractivity contribution < 1.29 is 27.9 Å². The summed E-state index contributed by atoms with van der Waals surface area (Å²) in [5.74, 6) is 0.638. The molecule has 2 heterocycles. The number of halogens is 1. The summed E-state index contributed by atoms with van der Waals surface area (Å²) in [6.07, 6.45) is 2.25. The Bertz CT molecular complexity index is 739. The molecule has 0 N–H and O–H groups in total. The Labute approximate surface area is 151 Å². The van der Waals surface area contributed by atoms with E-state index in [1.807, 2.05) is 0 Å². The molecule has 1 aliphatic rings. The molecule has 2 aromatic rings. The van der Waals surface area contributed by atoms with Crippen LogP contribution in [0.4, 0.5) is 4.39 Å². The van der Waals surface area contributed by atoms with E-state index in [2.05, 4.69) is 5.16 Å². The van der Waals surface area contributed by atoms with Crippen molar-refractivity contribution in [2.24, 2.45) is 5.92 Å². The van der Waals surface area contributed by atoms with Gasteiger partial charge in [0.2, 0.25) is 0 Å². The van der Waals surface area contributed by atoms with Gasteiger partial charge < -0.3 is 18.7 Å². The molecule has 6 nitrogen and oxygen atoms in total. The van der Waals surface area contributed by atoms with Gasteiger partial charge in [-0.2, -0.15) is 0 Å². The summed E-state index contributed by atoms with van der Waals surface area (Å²) in [5, 5.41) is 3.81. The number of rotatable bonds is 9. The van der Waals surface area contributed by atoms with E-state index in [0.29, 0.717) is 29.4 Å². The number of aromatic nitrogens is 1. The van der Waals surface area contributed by atoms with Crippen molar-refractivity contribution in [2.75, 3.05) is 20.3 Å². The summed E-state index contributed by atoms with van der Waals surface area (Å²) in [6.45, 7) is 1.89. The van der Waals surface area contributed by atoms with Crippen LogP contribution < -0.4 is 4.74 Å². The van der Waals surface area contributed by atoms with Crippen molar-refractivity contribution in [3.05, 3.63) is 47.1 Å². The zero-order chi connectivity index (χ0) is 18.4. The molecule has 1 aromatic carbocycles. The lowest BCUT2D eigenvalue weighted by molar-refractivity contribution is 0.0877. The van der Waals surface area contributed by atoms with E-state index >= 15 is 0 Å². The quantitative estimate of drug-likeness (QED) is 0.635. The van der Waals surface area contributed by atoms with Gasteiger partial charge in [0.25, 0.3) is 0 Å². The predicted molar refractivity (Wildman–Crippen MR) is 90.4 cm³/mol. The van der Waals surface area contributed by atoms with Crippen LogP contribution >= 0.6 is 0 Å². The first-order chi connectivity index (χ1) is 12.7. The van der Waals surface area contributed by atoms with Gasteiger partial charge in [-0.1, -0.05) is 11.2 Å². The Kier molecular flexibility index (Phi) is 6.35. The van der Waals surface area contributed by atoms with Gasteiger partial charge in [-0.15, -0.1) is 0 Å². The predicted octanol–water partition coefficient (Wildman–Crippen LogP) is 3.54. The van der Waals surface area contributed by atoms with Crippen LogP contribution in [0, 0.1) is 11.7 Å². The SMILES string of the molecule is COc1ccc(COCc2cc(C(=O)CCC3CCOC3)no2)cc1F. The Hall–Kier alpha value is -2.25. The lowest BCUT2D eigenvalue weighted by Crippen LogP contribution is -2.05. The van der Waals surface area contributed by atoms with Crippen molar-refractivity contribution in [3.63, 3.8) is 0 Å². The highest BCUT2D eigenvalue weighted by Gasteiger charge is 2.19. The fraction of sp³-hybridized carbons (Fsp3) is 0.474. The Morgan fingerprint density at radius 3 is 2.96 bits per heavy atom. The minimum Gasteiger partial charge on any atom is -0.494 e. The van der Waals surface area contributed by atoms with Crippen molar-refractivity contribution in [2.45, 2.75) is 32.5 Å². The molecule has 3 rings (SSSR count). The fourth-order valence-electron chi connectivity index (χ4n) is 2.86. The number of nitrogens with zero attached hydrogens (tertiary/aromatic N) is 1. The van der Waals surface area contributed by atoms with Crippen molar-refractivity contribution >= 4 is 5.78 Å². The number of methoxy groups -OCH3 is 1. The first kappa shape index (κ1) is 18.5. The van der Waals surface area contributed by atoms with Gasteiger partial charge in [0, 0.05) is 25.7 Å². The minimum atomic E-state index is -0.436. The third-order valence-corrected chi connectivity index (χ3v) is 4.38. The molecule has 0 saturated carbocycles. The molecule has 1 saturated heterocycles. The molecule has 0 bridgehead atoms. The second-order valence-electron chi connectivity index (χ2n) is 6.33. The van der Waals surface area contributed by atoms with Crippen LogP contribution in [-0.4, -0.2) is 31.3 Å². The minimum absolute atomic E-state index is 0.0378. The van der Waals surface area contributed by atoms with Crippen LogP contribution in [-0.2, 0) is 22.7 Å². The van der Waals surface area contributed by atoms with Crippen LogP contribution in [0.1, 0.15) is 41.1 Å². The van der Waals surface area contributed by atoms with Crippen molar-refractivity contribution in [1.29, 1.82) is 0 Å². The van der Waals surface area contributed by atoms with Crippen molar-refractivity contribution in [1.82, 2.24) is 5.16 Å². The number of Topliss-reactive ketones (excluding diaryl/α,β-unsaturated/α-hetero) is 1. The zero-order valence-electron chi connectivity index (χ0n) is 14.7. The molecule has 140 valence electrons. The summed E-state index contributed by atoms with van der Waals surface area (Å²) in [6, 6.07) is 6.24. The van der Waals surface area contributed by atoms with E-state index in [-0.39, 0.29) is 24.7 Å². The fourth-order valence-corrected chi connectivity index (χ4v) is 2.86. The van der Waals surface area contributed by atoms with Gasteiger partial charge in [0.05, 0.1) is 13.7 Å². The molecule has 0 aliphatic carbocycles. The summed E-state index contributed by atoms with van der Waals surface area (Å²) < 4.78 is 34.4. The highest BCUT2D eigenvalue weighted by molar-refractivity contribution is 5.94. The number of ketones is 1. The van der Waals surface area contributed by atoms with E-state index in [1.165, 1.54) is 13.2 Å². The smallest absolute Gasteiger partial charge is 0.184 e. The maximum Gasteiger partial charge on any atom is 0.184 e. The molecule has 1 aliphatic heterocycles. The number of carbonyl (C=O) groups excluding carboxylic acids is 1. The van der Waals surface area contributed by atoms with E-state index in [4.69, 9.17) is 18.7 Å². The molecule has 1 atom stereocenters. The monoisotopic (exact) mass is 363 g/mol. The van der Waals surface area contributed by atoms with E-state index in [1.54, 1.807) is 18.2 Å². The third kappa shape index (κ3) is 4.89. The first-order valence-corrected chi connectivity index (χ1v) is 8.62. The van der Waals surface area contributed by atoms with E-state index in [0.717, 1.165) is 26.1 Å². The molecule has 26 heavy (non-hydrogen) atoms. The summed E-state index contributed by atoms with van der Waals surface area (Å²) in [7, 11) is 1.42. The molecule has 1 fully saturated rings. The van der Waals surface area contributed by atoms with Crippen LogP contribution in [0.25, 0.3) is 0 Å². The maximum absolute atomic E-state index is 13.6. The topological polar surface area (TPSA) is 70.8 Å². The van der Waals surface area contributed by atoms with Crippen LogP contribution in [0.5, 0.6) is 5.75 Å². The second kappa shape index (κ2) is 8.91. The van der Waals surface area contributed by atoms with Gasteiger partial charge >= 0.3 is 0 Å². The highest BCUT2D eigenvalue weighted by atomic mass is 19.1. The molecule has 0 radical (unpaired) electrons. The molecular weight excluding hydrogens is 341 g/mol.